The first-order valence-corrected chi connectivity index (χ1v) is 32.2. The number of aliphatic carboxylic acids is 1. The third-order valence-corrected chi connectivity index (χ3v) is 13.5. The molecule has 0 rings (SSSR count). The molecule has 0 aliphatic carbocycles. The molecule has 0 saturated carbocycles. The highest BCUT2D eigenvalue weighted by Crippen LogP contribution is 2.15. The lowest BCUT2D eigenvalue weighted by Gasteiger charge is -2.25. The van der Waals surface area contributed by atoms with Crippen LogP contribution in [-0.2, 0) is 33.3 Å². The van der Waals surface area contributed by atoms with Crippen LogP contribution in [0.2, 0.25) is 0 Å². The van der Waals surface area contributed by atoms with Crippen LogP contribution in [0.25, 0.3) is 0 Å². The molecule has 0 fully saturated rings. The summed E-state index contributed by atoms with van der Waals surface area (Å²) in [5, 5.41) is 9.72. The van der Waals surface area contributed by atoms with E-state index in [9.17, 15) is 19.5 Å². The van der Waals surface area contributed by atoms with Gasteiger partial charge >= 0.3 is 17.9 Å². The first-order valence-electron chi connectivity index (χ1n) is 32.2. The molecule has 80 heavy (non-hydrogen) atoms. The molecular weight excluding hydrogens is 995 g/mol. The smallest absolute Gasteiger partial charge is 0.361 e. The van der Waals surface area contributed by atoms with Crippen LogP contribution in [0.4, 0.5) is 0 Å². The number of carboxylic acids is 1. The van der Waals surface area contributed by atoms with Crippen molar-refractivity contribution in [1.82, 2.24) is 0 Å². The maximum atomic E-state index is 12.9. The number of nitrogens with zero attached hydrogens (tertiary/aromatic N) is 1. The lowest BCUT2D eigenvalue weighted by atomic mass is 10.1. The average molecular weight is 1120 g/mol. The largest absolute Gasteiger partial charge is 0.477 e. The normalized spacial score (nSPS) is 13.6. The number of carbonyl (C=O) groups excluding carboxylic acids is 2. The molecule has 9 nitrogen and oxygen atoms in total. The Bertz CT molecular complexity index is 1730. The summed E-state index contributed by atoms with van der Waals surface area (Å²) in [5.74, 6) is -2.02. The van der Waals surface area contributed by atoms with Crippen LogP contribution in [-0.4, -0.2) is 87.4 Å². The predicted octanol–water partition coefficient (Wildman–Crippen LogP) is 19.6. The molecule has 456 valence electrons. The van der Waals surface area contributed by atoms with Gasteiger partial charge in [0.05, 0.1) is 34.4 Å². The van der Waals surface area contributed by atoms with Crippen LogP contribution in [0.15, 0.2) is 122 Å². The van der Waals surface area contributed by atoms with Gasteiger partial charge in [0.1, 0.15) is 13.2 Å². The fourth-order valence-electron chi connectivity index (χ4n) is 8.53. The maximum absolute atomic E-state index is 12.9. The molecular formula is C71H120NO8+. The second-order valence-corrected chi connectivity index (χ2v) is 22.3. The van der Waals surface area contributed by atoms with Gasteiger partial charge in [0, 0.05) is 12.8 Å². The summed E-state index contributed by atoms with van der Waals surface area (Å²) in [5.41, 5.74) is 0. The highest BCUT2D eigenvalue weighted by atomic mass is 16.7. The quantitative estimate of drug-likeness (QED) is 0.0211. The van der Waals surface area contributed by atoms with E-state index in [2.05, 4.69) is 135 Å². The molecule has 2 atom stereocenters. The topological polar surface area (TPSA) is 108 Å². The van der Waals surface area contributed by atoms with E-state index in [0.717, 1.165) is 109 Å². The molecule has 0 heterocycles. The Hall–Kier alpha value is -4.31. The van der Waals surface area contributed by atoms with Crippen LogP contribution in [0.1, 0.15) is 251 Å². The minimum absolute atomic E-state index is 0.181. The van der Waals surface area contributed by atoms with Gasteiger partial charge in [0.25, 0.3) is 6.29 Å². The Morgan fingerprint density at radius 3 is 1.07 bits per heavy atom. The summed E-state index contributed by atoms with van der Waals surface area (Å²) >= 11 is 0. The van der Waals surface area contributed by atoms with Gasteiger partial charge in [-0.15, -0.1) is 0 Å². The molecule has 0 spiro atoms. The van der Waals surface area contributed by atoms with Crippen molar-refractivity contribution in [1.29, 1.82) is 0 Å². The van der Waals surface area contributed by atoms with Crippen molar-refractivity contribution in [3.8, 4) is 0 Å². The van der Waals surface area contributed by atoms with E-state index in [1.165, 1.54) is 109 Å². The van der Waals surface area contributed by atoms with Crippen molar-refractivity contribution < 1.29 is 42.9 Å². The van der Waals surface area contributed by atoms with Gasteiger partial charge in [-0.1, -0.05) is 251 Å². The van der Waals surface area contributed by atoms with Gasteiger partial charge in [-0.25, -0.2) is 4.79 Å². The molecule has 0 saturated heterocycles. The van der Waals surface area contributed by atoms with E-state index in [1.54, 1.807) is 0 Å². The molecule has 0 aromatic heterocycles. The summed E-state index contributed by atoms with van der Waals surface area (Å²) in [4.78, 5) is 37.5. The summed E-state index contributed by atoms with van der Waals surface area (Å²) < 4.78 is 22.9. The number of carboxylic acid groups (broad SMARTS) is 1. The van der Waals surface area contributed by atoms with Crippen LogP contribution < -0.4 is 0 Å². The lowest BCUT2D eigenvalue weighted by Crippen LogP contribution is -2.40. The van der Waals surface area contributed by atoms with E-state index in [-0.39, 0.29) is 32.2 Å². The summed E-state index contributed by atoms with van der Waals surface area (Å²) in [7, 11) is 5.96. The third-order valence-electron chi connectivity index (χ3n) is 13.5. The molecule has 0 radical (unpaired) electrons. The molecule has 0 aromatic carbocycles. The second-order valence-electron chi connectivity index (χ2n) is 22.3. The number of unbranched alkanes of at least 4 members (excludes halogenated alkanes) is 23. The van der Waals surface area contributed by atoms with E-state index < -0.39 is 24.3 Å². The van der Waals surface area contributed by atoms with Crippen molar-refractivity contribution in [3.63, 3.8) is 0 Å². The standard InChI is InChI=1S/C71H119NO8/c1-6-8-10-12-14-16-18-20-22-24-26-27-28-29-30-31-32-33-34-35-36-37-38-39-40-41-42-43-44-46-48-50-52-54-56-58-60-62-69(74)80-67(66-79-71(70(75)76)77-64-63-72(3,4)5)65-78-68(73)61-59-57-55-53-51-49-47-45-25-23-21-19-17-15-13-11-9-7-2/h8,10,14,16,20,22-23,25-27,29-30,32-33,35-36,38-39,41-42,67,71H,6-7,9,11-13,15,17-19,21,24,28,31,34,37,40,43-66H2,1-5H3/p+1/b10-8-,16-14-,22-20-,25-23-,27-26-,30-29-,33-32-,36-35-,39-38-,42-41-. The van der Waals surface area contributed by atoms with E-state index >= 15 is 0 Å². The number of rotatable bonds is 58. The summed E-state index contributed by atoms with van der Waals surface area (Å²) in [6.45, 7) is 4.75. The number of ether oxygens (including phenoxy) is 4. The summed E-state index contributed by atoms with van der Waals surface area (Å²) in [6.07, 6.45) is 82.9. The SMILES string of the molecule is CC/C=C\C/C=C\C/C=C\C/C=C\C/C=C\C/C=C\C/C=C\C/C=C\C/C=C\CCCCCCCCCCCC(=O)OC(COC(=O)CCCCCCCCC/C=C\CCCCCCCCC)COC(OCC[N+](C)(C)C)C(=O)O. The van der Waals surface area contributed by atoms with Crippen molar-refractivity contribution in [2.75, 3.05) is 47.5 Å². The predicted molar refractivity (Wildman–Crippen MR) is 341 cm³/mol. The molecule has 9 heteroatoms. The minimum Gasteiger partial charge on any atom is -0.477 e. The van der Waals surface area contributed by atoms with E-state index in [4.69, 9.17) is 18.9 Å². The first kappa shape index (κ1) is 75.7. The second kappa shape index (κ2) is 60.8. The van der Waals surface area contributed by atoms with Crippen LogP contribution in [0.3, 0.4) is 0 Å². The lowest BCUT2D eigenvalue weighted by molar-refractivity contribution is -0.870. The number of esters is 2. The maximum Gasteiger partial charge on any atom is 0.361 e. The molecule has 0 amide bonds. The number of quaternary nitrogens is 1. The summed E-state index contributed by atoms with van der Waals surface area (Å²) in [6, 6.07) is 0. The fourth-order valence-corrected chi connectivity index (χ4v) is 8.53. The van der Waals surface area contributed by atoms with E-state index in [1.807, 2.05) is 21.1 Å². The minimum atomic E-state index is -1.52. The highest BCUT2D eigenvalue weighted by Gasteiger charge is 2.25. The molecule has 0 aromatic rings. The number of carbonyl (C=O) groups is 3. The van der Waals surface area contributed by atoms with Gasteiger partial charge in [-0.05, 0) is 109 Å². The first-order chi connectivity index (χ1) is 39.1. The zero-order valence-corrected chi connectivity index (χ0v) is 51.9. The Morgan fingerprint density at radius 1 is 0.388 bits per heavy atom. The van der Waals surface area contributed by atoms with Crippen molar-refractivity contribution in [2.45, 2.75) is 264 Å². The fraction of sp³-hybridized carbons (Fsp3) is 0.676. The third kappa shape index (κ3) is 61.3. The Morgan fingerprint density at radius 2 is 0.713 bits per heavy atom. The monoisotopic (exact) mass is 1110 g/mol. The van der Waals surface area contributed by atoms with Crippen LogP contribution in [0.5, 0.6) is 0 Å². The Labute approximate surface area is 491 Å². The Balaban J connectivity index is 4.20. The molecule has 0 aliphatic rings. The van der Waals surface area contributed by atoms with Gasteiger partial charge in [-0.2, -0.15) is 0 Å². The zero-order chi connectivity index (χ0) is 58.3. The van der Waals surface area contributed by atoms with Crippen LogP contribution >= 0.6 is 0 Å². The molecule has 0 bridgehead atoms. The van der Waals surface area contributed by atoms with Crippen LogP contribution in [0, 0.1) is 0 Å². The van der Waals surface area contributed by atoms with Crippen molar-refractivity contribution in [2.24, 2.45) is 0 Å². The zero-order valence-electron chi connectivity index (χ0n) is 51.9. The average Bonchev–Trinajstić information content (AvgIpc) is 3.43. The van der Waals surface area contributed by atoms with Gasteiger partial charge < -0.3 is 28.5 Å². The van der Waals surface area contributed by atoms with Gasteiger partial charge in [0.2, 0.25) is 0 Å². The highest BCUT2D eigenvalue weighted by molar-refractivity contribution is 5.71. The van der Waals surface area contributed by atoms with Gasteiger partial charge in [-0.3, -0.25) is 9.59 Å². The number of allylic oxidation sites excluding steroid dienone is 20. The number of likely N-dealkylation sites (N-methyl/N-ethyl adjacent to an activating group) is 1. The molecule has 0 aliphatic heterocycles. The van der Waals surface area contributed by atoms with Gasteiger partial charge in [0.15, 0.2) is 6.10 Å². The number of hydrogen-bond donors (Lipinski definition) is 1. The Kier molecular flexibility index (Phi) is 57.5. The van der Waals surface area contributed by atoms with Crippen molar-refractivity contribution in [3.05, 3.63) is 122 Å². The molecule has 2 unspecified atom stereocenters. The van der Waals surface area contributed by atoms with E-state index in [0.29, 0.717) is 23.9 Å². The number of hydrogen-bond acceptors (Lipinski definition) is 7. The molecule has 1 N–H and O–H groups in total. The van der Waals surface area contributed by atoms with Crippen molar-refractivity contribution >= 4 is 17.9 Å².